The molecule has 0 aliphatic heterocycles. The molecule has 0 amide bonds. The van der Waals surface area contributed by atoms with E-state index < -0.39 is 0 Å². The van der Waals surface area contributed by atoms with Crippen molar-refractivity contribution < 1.29 is 13.2 Å². The van der Waals surface area contributed by atoms with Gasteiger partial charge in [-0.15, -0.1) is 0 Å². The van der Waals surface area contributed by atoms with Crippen LogP contribution in [0.5, 0.6) is 0 Å². The Labute approximate surface area is 160 Å². The Morgan fingerprint density at radius 1 is 0.407 bits per heavy atom. The fourth-order valence-corrected chi connectivity index (χ4v) is 2.09. The zero-order chi connectivity index (χ0) is 20.6. The van der Waals surface area contributed by atoms with Crippen molar-refractivity contribution in [1.29, 1.82) is 0 Å². The van der Waals surface area contributed by atoms with Gasteiger partial charge in [0.15, 0.2) is 0 Å². The minimum atomic E-state index is -0.116. The molecule has 0 spiro atoms. The van der Waals surface area contributed by atoms with Crippen molar-refractivity contribution in [3.8, 4) is 0 Å². The van der Waals surface area contributed by atoms with E-state index in [1.54, 1.807) is 39.0 Å². The van der Waals surface area contributed by atoms with Crippen LogP contribution in [0.25, 0.3) is 0 Å². The van der Waals surface area contributed by atoms with Crippen molar-refractivity contribution in [3.05, 3.63) is 105 Å². The van der Waals surface area contributed by atoms with E-state index in [1.807, 2.05) is 39.0 Å². The number of rotatable bonds is 0. The minimum Gasteiger partial charge on any atom is -0.207 e. The Morgan fingerprint density at radius 3 is 0.778 bits per heavy atom. The molecule has 0 aliphatic rings. The smallest absolute Gasteiger partial charge is 0.126 e. The van der Waals surface area contributed by atoms with Crippen LogP contribution in [0.3, 0.4) is 0 Å². The van der Waals surface area contributed by atoms with Gasteiger partial charge in [-0.05, 0) is 93.1 Å². The molecule has 0 atom stereocenters. The van der Waals surface area contributed by atoms with E-state index >= 15 is 0 Å². The van der Waals surface area contributed by atoms with Crippen LogP contribution in [0.4, 0.5) is 13.2 Å². The van der Waals surface area contributed by atoms with E-state index in [0.717, 1.165) is 16.7 Å². The van der Waals surface area contributed by atoms with Crippen molar-refractivity contribution in [2.45, 2.75) is 41.5 Å². The molecule has 0 fully saturated rings. The highest BCUT2D eigenvalue weighted by Crippen LogP contribution is 2.08. The Morgan fingerprint density at radius 2 is 0.630 bits per heavy atom. The molecule has 0 unspecified atom stereocenters. The summed E-state index contributed by atoms with van der Waals surface area (Å²) in [5.41, 5.74) is 5.04. The Balaban J connectivity index is 0.000000202. The molecule has 144 valence electrons. The zero-order valence-electron chi connectivity index (χ0n) is 16.8. The Hall–Kier alpha value is -2.55. The molecule has 0 N–H and O–H groups in total. The summed E-state index contributed by atoms with van der Waals surface area (Å²) in [7, 11) is 0. The van der Waals surface area contributed by atoms with Gasteiger partial charge in [-0.1, -0.05) is 36.4 Å². The molecule has 0 nitrogen and oxygen atoms in total. The number of hydrogen-bond acceptors (Lipinski definition) is 0. The van der Waals surface area contributed by atoms with Gasteiger partial charge in [0.05, 0.1) is 0 Å². The van der Waals surface area contributed by atoms with Crippen LogP contribution in [0.15, 0.2) is 54.6 Å². The highest BCUT2D eigenvalue weighted by molar-refractivity contribution is 5.23. The van der Waals surface area contributed by atoms with Crippen LogP contribution in [-0.2, 0) is 0 Å². The average molecular weight is 372 g/mol. The molecule has 3 heteroatoms. The van der Waals surface area contributed by atoms with Crippen LogP contribution < -0.4 is 0 Å². The third-order valence-electron chi connectivity index (χ3n) is 3.98. The summed E-state index contributed by atoms with van der Waals surface area (Å²) in [5.74, 6) is -0.347. The van der Waals surface area contributed by atoms with E-state index in [-0.39, 0.29) is 17.5 Å². The van der Waals surface area contributed by atoms with Crippen molar-refractivity contribution >= 4 is 0 Å². The average Bonchev–Trinajstić information content (AvgIpc) is 2.60. The third kappa shape index (κ3) is 8.12. The van der Waals surface area contributed by atoms with Crippen LogP contribution in [0, 0.1) is 59.0 Å². The first-order valence-electron chi connectivity index (χ1n) is 8.78. The first-order valence-corrected chi connectivity index (χ1v) is 8.78. The second kappa shape index (κ2) is 10.6. The van der Waals surface area contributed by atoms with E-state index in [9.17, 15) is 13.2 Å². The highest BCUT2D eigenvalue weighted by atomic mass is 19.1. The molecule has 27 heavy (non-hydrogen) atoms. The van der Waals surface area contributed by atoms with Gasteiger partial charge in [0, 0.05) is 0 Å². The molecule has 0 aromatic heterocycles. The Kier molecular flexibility index (Phi) is 8.80. The normalized spacial score (nSPS) is 9.67. The van der Waals surface area contributed by atoms with Gasteiger partial charge in [-0.2, -0.15) is 0 Å². The van der Waals surface area contributed by atoms with Crippen LogP contribution in [0.2, 0.25) is 0 Å². The second-order valence-corrected chi connectivity index (χ2v) is 6.76. The quantitative estimate of drug-likeness (QED) is 0.387. The van der Waals surface area contributed by atoms with Gasteiger partial charge >= 0.3 is 0 Å². The lowest BCUT2D eigenvalue weighted by molar-refractivity contribution is 0.617. The summed E-state index contributed by atoms with van der Waals surface area (Å²) in [5, 5.41) is 0. The van der Waals surface area contributed by atoms with Crippen LogP contribution in [0.1, 0.15) is 33.4 Å². The molecule has 3 aromatic carbocycles. The van der Waals surface area contributed by atoms with Gasteiger partial charge in [-0.25, -0.2) is 13.2 Å². The molecular formula is C24H27F3. The van der Waals surface area contributed by atoms with Crippen molar-refractivity contribution in [2.24, 2.45) is 0 Å². The first-order chi connectivity index (χ1) is 12.6. The molecule has 0 heterocycles. The van der Waals surface area contributed by atoms with E-state index in [2.05, 4.69) is 0 Å². The van der Waals surface area contributed by atoms with Crippen molar-refractivity contribution in [3.63, 3.8) is 0 Å². The van der Waals surface area contributed by atoms with Crippen molar-refractivity contribution in [2.75, 3.05) is 0 Å². The lowest BCUT2D eigenvalue weighted by Crippen LogP contribution is -1.81. The van der Waals surface area contributed by atoms with Gasteiger partial charge in [0.1, 0.15) is 17.5 Å². The maximum absolute atomic E-state index is 12.6. The summed E-state index contributed by atoms with van der Waals surface area (Å²) in [6.07, 6.45) is 0. The summed E-state index contributed by atoms with van der Waals surface area (Å²) in [6, 6.07) is 15.7. The first kappa shape index (κ1) is 22.5. The summed E-state index contributed by atoms with van der Waals surface area (Å²) >= 11 is 0. The maximum Gasteiger partial charge on any atom is 0.126 e. The predicted molar refractivity (Wildman–Crippen MR) is 108 cm³/mol. The molecule has 0 saturated heterocycles. The summed E-state index contributed by atoms with van der Waals surface area (Å²) in [4.78, 5) is 0. The second-order valence-electron chi connectivity index (χ2n) is 6.76. The maximum atomic E-state index is 12.6. The molecule has 0 radical (unpaired) electrons. The number of benzene rings is 3. The highest BCUT2D eigenvalue weighted by Gasteiger charge is 1.94. The lowest BCUT2D eigenvalue weighted by Gasteiger charge is -1.94. The van der Waals surface area contributed by atoms with Gasteiger partial charge < -0.3 is 0 Å². The van der Waals surface area contributed by atoms with Gasteiger partial charge in [0.25, 0.3) is 0 Å². The minimum absolute atomic E-state index is 0.116. The SMILES string of the molecule is Cc1ccc(C)c(F)c1.Cc1ccc(C)c(F)c1.Cc1ccc(C)c(F)c1. The predicted octanol–water partition coefficient (Wildman–Crippen LogP) is 7.33. The molecule has 0 saturated carbocycles. The monoisotopic (exact) mass is 372 g/mol. The lowest BCUT2D eigenvalue weighted by atomic mass is 10.2. The molecule has 0 bridgehead atoms. The standard InChI is InChI=1S/3C8H9F/c3*1-6-3-4-7(2)8(9)5-6/h3*3-5H,1-2H3. The fourth-order valence-electron chi connectivity index (χ4n) is 2.09. The van der Waals surface area contributed by atoms with E-state index in [4.69, 9.17) is 0 Å². The number of halogens is 3. The van der Waals surface area contributed by atoms with Crippen LogP contribution >= 0.6 is 0 Å². The van der Waals surface area contributed by atoms with Crippen molar-refractivity contribution in [1.82, 2.24) is 0 Å². The largest absolute Gasteiger partial charge is 0.207 e. The number of aryl methyl sites for hydroxylation is 6. The molecule has 0 aliphatic carbocycles. The Bertz CT molecular complexity index is 765. The summed E-state index contributed by atoms with van der Waals surface area (Å²) < 4.78 is 37.7. The number of hydrogen-bond donors (Lipinski definition) is 0. The van der Waals surface area contributed by atoms with Crippen LogP contribution in [-0.4, -0.2) is 0 Å². The van der Waals surface area contributed by atoms with E-state index in [1.165, 1.54) is 18.2 Å². The molecule has 3 aromatic rings. The van der Waals surface area contributed by atoms with E-state index in [0.29, 0.717) is 16.7 Å². The van der Waals surface area contributed by atoms with Gasteiger partial charge in [-0.3, -0.25) is 0 Å². The molecule has 3 rings (SSSR count). The topological polar surface area (TPSA) is 0 Å². The third-order valence-corrected chi connectivity index (χ3v) is 3.98. The summed E-state index contributed by atoms with van der Waals surface area (Å²) in [6.45, 7) is 10.9. The molecular weight excluding hydrogens is 345 g/mol. The van der Waals surface area contributed by atoms with Gasteiger partial charge in [0.2, 0.25) is 0 Å². The zero-order valence-corrected chi connectivity index (χ0v) is 16.8. The fraction of sp³-hybridized carbons (Fsp3) is 0.250.